The molecule has 1 N–H and O–H groups in total. The molecule has 0 spiro atoms. The predicted octanol–water partition coefficient (Wildman–Crippen LogP) is 4.65. The molecule has 1 aliphatic heterocycles. The smallest absolute Gasteiger partial charge is 0.335 e. The first-order chi connectivity index (χ1) is 13.8. The van der Waals surface area contributed by atoms with Crippen LogP contribution in [0.3, 0.4) is 0 Å². The number of aliphatic imine (C=N–C) groups is 1. The van der Waals surface area contributed by atoms with Crippen molar-refractivity contribution in [3.8, 4) is 5.75 Å². The second-order valence-corrected chi connectivity index (χ2v) is 8.00. The fraction of sp³-hybridized carbons (Fsp3) is 0.227. The first-order valence-electron chi connectivity index (χ1n) is 9.16. The monoisotopic (exact) mass is 410 g/mol. The van der Waals surface area contributed by atoms with E-state index in [-0.39, 0.29) is 11.5 Å². The molecule has 0 bridgehead atoms. The van der Waals surface area contributed by atoms with Gasteiger partial charge in [0.2, 0.25) is 0 Å². The molecule has 6 nitrogen and oxygen atoms in total. The summed E-state index contributed by atoms with van der Waals surface area (Å²) in [5.74, 6) is 0.141. The van der Waals surface area contributed by atoms with Gasteiger partial charge >= 0.3 is 5.97 Å². The van der Waals surface area contributed by atoms with Crippen molar-refractivity contribution >= 4 is 40.6 Å². The third-order valence-corrected chi connectivity index (χ3v) is 5.16. The van der Waals surface area contributed by atoms with Gasteiger partial charge in [0.05, 0.1) is 22.8 Å². The van der Waals surface area contributed by atoms with Crippen molar-refractivity contribution in [3.63, 3.8) is 0 Å². The molecule has 1 amide bonds. The number of amides is 1. The van der Waals surface area contributed by atoms with Gasteiger partial charge in [0.15, 0.2) is 5.17 Å². The highest BCUT2D eigenvalue weighted by molar-refractivity contribution is 8.18. The molecule has 1 heterocycles. The maximum atomic E-state index is 12.6. The zero-order chi connectivity index (χ0) is 21.0. The predicted molar refractivity (Wildman–Crippen MR) is 116 cm³/mol. The highest BCUT2D eigenvalue weighted by atomic mass is 32.2. The number of ether oxygens (including phenoxy) is 1. The number of aromatic carboxylic acids is 1. The van der Waals surface area contributed by atoms with Gasteiger partial charge in [-0.15, -0.1) is 0 Å². The Balaban J connectivity index is 1.74. The van der Waals surface area contributed by atoms with E-state index in [1.165, 1.54) is 28.8 Å². The number of benzene rings is 2. The lowest BCUT2D eigenvalue weighted by Gasteiger charge is -2.08. The summed E-state index contributed by atoms with van der Waals surface area (Å²) < 4.78 is 5.68. The van der Waals surface area contributed by atoms with Crippen molar-refractivity contribution in [3.05, 3.63) is 64.6 Å². The summed E-state index contributed by atoms with van der Waals surface area (Å²) in [6.45, 7) is 4.85. The van der Waals surface area contributed by atoms with E-state index in [1.54, 1.807) is 19.2 Å². The minimum absolute atomic E-state index is 0.129. The highest BCUT2D eigenvalue weighted by Gasteiger charge is 2.30. The molecular formula is C22H22N2O4S. The van der Waals surface area contributed by atoms with Crippen LogP contribution in [0.2, 0.25) is 0 Å². The van der Waals surface area contributed by atoms with Crippen LogP contribution in [0.4, 0.5) is 5.69 Å². The van der Waals surface area contributed by atoms with E-state index in [1.807, 2.05) is 30.3 Å². The van der Waals surface area contributed by atoms with Crippen molar-refractivity contribution < 1.29 is 19.4 Å². The van der Waals surface area contributed by atoms with Crippen LogP contribution >= 0.6 is 11.8 Å². The number of carboxylic acid groups (broad SMARTS) is 1. The largest absolute Gasteiger partial charge is 0.493 e. The summed E-state index contributed by atoms with van der Waals surface area (Å²) in [7, 11) is 1.67. The van der Waals surface area contributed by atoms with Crippen LogP contribution < -0.4 is 4.74 Å². The van der Waals surface area contributed by atoms with Crippen molar-refractivity contribution in [1.29, 1.82) is 0 Å². The molecule has 29 heavy (non-hydrogen) atoms. The Bertz CT molecular complexity index is 963. The van der Waals surface area contributed by atoms with Crippen LogP contribution in [-0.4, -0.2) is 40.7 Å². The number of likely N-dealkylation sites (N-methyl/N-ethyl adjacent to an activating group) is 1. The molecule has 150 valence electrons. The summed E-state index contributed by atoms with van der Waals surface area (Å²) in [5, 5.41) is 9.52. The number of amidine groups is 1. The summed E-state index contributed by atoms with van der Waals surface area (Å²) in [6.07, 6.45) is 1.83. The highest BCUT2D eigenvalue weighted by Crippen LogP contribution is 2.33. The number of hydrogen-bond acceptors (Lipinski definition) is 5. The maximum absolute atomic E-state index is 12.6. The van der Waals surface area contributed by atoms with Crippen LogP contribution in [0.25, 0.3) is 6.08 Å². The van der Waals surface area contributed by atoms with Gasteiger partial charge in [0.1, 0.15) is 5.75 Å². The van der Waals surface area contributed by atoms with Gasteiger partial charge in [-0.05, 0) is 65.7 Å². The zero-order valence-electron chi connectivity index (χ0n) is 16.5. The van der Waals surface area contributed by atoms with Crippen molar-refractivity contribution in [2.75, 3.05) is 13.7 Å². The average Bonchev–Trinajstić information content (AvgIpc) is 2.95. The van der Waals surface area contributed by atoms with Crippen molar-refractivity contribution in [1.82, 2.24) is 4.90 Å². The topological polar surface area (TPSA) is 79.2 Å². The lowest BCUT2D eigenvalue weighted by Crippen LogP contribution is -2.23. The lowest BCUT2D eigenvalue weighted by molar-refractivity contribution is -0.121. The molecule has 1 aliphatic rings. The van der Waals surface area contributed by atoms with E-state index in [2.05, 4.69) is 18.8 Å². The van der Waals surface area contributed by atoms with E-state index in [0.717, 1.165) is 11.3 Å². The minimum Gasteiger partial charge on any atom is -0.493 e. The lowest BCUT2D eigenvalue weighted by atomic mass is 10.2. The summed E-state index contributed by atoms with van der Waals surface area (Å²) in [5.41, 5.74) is 1.68. The van der Waals surface area contributed by atoms with Crippen LogP contribution in [0, 0.1) is 5.92 Å². The summed E-state index contributed by atoms with van der Waals surface area (Å²) in [6, 6.07) is 13.8. The van der Waals surface area contributed by atoms with Gasteiger partial charge in [-0.2, -0.15) is 0 Å². The van der Waals surface area contributed by atoms with Gasteiger partial charge in [-0.25, -0.2) is 9.79 Å². The van der Waals surface area contributed by atoms with E-state index in [4.69, 9.17) is 9.84 Å². The third-order valence-electron chi connectivity index (χ3n) is 4.10. The number of rotatable bonds is 6. The van der Waals surface area contributed by atoms with Gasteiger partial charge < -0.3 is 9.84 Å². The van der Waals surface area contributed by atoms with Gasteiger partial charge in [-0.1, -0.05) is 26.0 Å². The molecule has 3 rings (SSSR count). The Morgan fingerprint density at radius 2 is 1.83 bits per heavy atom. The van der Waals surface area contributed by atoms with E-state index in [9.17, 15) is 9.59 Å². The van der Waals surface area contributed by atoms with Gasteiger partial charge in [-0.3, -0.25) is 9.69 Å². The van der Waals surface area contributed by atoms with Crippen LogP contribution in [0.15, 0.2) is 58.4 Å². The van der Waals surface area contributed by atoms with Crippen LogP contribution in [-0.2, 0) is 4.79 Å². The number of carboxylic acids is 1. The Labute approximate surface area is 173 Å². The molecule has 1 saturated heterocycles. The Kier molecular flexibility index (Phi) is 6.39. The molecule has 0 radical (unpaired) electrons. The van der Waals surface area contributed by atoms with E-state index in [0.29, 0.717) is 28.3 Å². The Morgan fingerprint density at radius 1 is 1.17 bits per heavy atom. The second-order valence-electron chi connectivity index (χ2n) is 7.00. The molecule has 0 saturated carbocycles. The minimum atomic E-state index is -0.988. The first-order valence-corrected chi connectivity index (χ1v) is 9.97. The SMILES string of the molecule is CC(C)COc1ccc(/C=C2/SC(=Nc3ccc(C(=O)O)cc3)N(C)C2=O)cc1. The molecule has 1 fully saturated rings. The molecule has 2 aromatic carbocycles. The fourth-order valence-electron chi connectivity index (χ4n) is 2.52. The molecule has 7 heteroatoms. The first kappa shape index (κ1) is 20.7. The van der Waals surface area contributed by atoms with Crippen molar-refractivity contribution in [2.24, 2.45) is 10.9 Å². The quantitative estimate of drug-likeness (QED) is 0.701. The van der Waals surface area contributed by atoms with Crippen molar-refractivity contribution in [2.45, 2.75) is 13.8 Å². The Morgan fingerprint density at radius 3 is 2.41 bits per heavy atom. The number of carbonyl (C=O) groups excluding carboxylic acids is 1. The standard InChI is InChI=1S/C22H22N2O4S/c1-14(2)13-28-18-10-4-15(5-11-18)12-19-20(25)24(3)22(29-19)23-17-8-6-16(7-9-17)21(26)27/h4-12,14H,13H2,1-3H3,(H,26,27)/b19-12+,23-22?. The van der Waals surface area contributed by atoms with Gasteiger partial charge in [0.25, 0.3) is 5.91 Å². The fourth-order valence-corrected chi connectivity index (χ4v) is 3.50. The molecule has 0 aromatic heterocycles. The third kappa shape index (κ3) is 5.26. The van der Waals surface area contributed by atoms with Gasteiger partial charge in [0, 0.05) is 7.05 Å². The zero-order valence-corrected chi connectivity index (χ0v) is 17.3. The number of nitrogens with zero attached hydrogens (tertiary/aromatic N) is 2. The number of thioether (sulfide) groups is 1. The normalized spacial score (nSPS) is 16.8. The van der Waals surface area contributed by atoms with E-state index < -0.39 is 5.97 Å². The summed E-state index contributed by atoms with van der Waals surface area (Å²) >= 11 is 1.29. The molecule has 0 unspecified atom stereocenters. The average molecular weight is 410 g/mol. The number of carbonyl (C=O) groups is 2. The second kappa shape index (κ2) is 8.96. The van der Waals surface area contributed by atoms with Crippen LogP contribution in [0.5, 0.6) is 5.75 Å². The molecule has 0 aliphatic carbocycles. The Hall–Kier alpha value is -3.06. The molecule has 2 aromatic rings. The maximum Gasteiger partial charge on any atom is 0.335 e. The number of hydrogen-bond donors (Lipinski definition) is 1. The molecular weight excluding hydrogens is 388 g/mol. The molecule has 0 atom stereocenters. The van der Waals surface area contributed by atoms with Crippen LogP contribution in [0.1, 0.15) is 29.8 Å². The summed E-state index contributed by atoms with van der Waals surface area (Å²) in [4.78, 5) is 30.0. The van der Waals surface area contributed by atoms with E-state index >= 15 is 0 Å².